The molecule has 0 spiro atoms. The highest BCUT2D eigenvalue weighted by Crippen LogP contribution is 2.31. The minimum atomic E-state index is -4.62. The molecule has 0 radical (unpaired) electrons. The Balaban J connectivity index is 1.62. The van der Waals surface area contributed by atoms with Gasteiger partial charge in [-0.05, 0) is 49.1 Å². The number of benzene rings is 1. The van der Waals surface area contributed by atoms with Gasteiger partial charge in [-0.15, -0.1) is 11.8 Å². The molecule has 1 aromatic heterocycles. The minimum Gasteiger partial charge on any atom is -0.352 e. The predicted octanol–water partition coefficient (Wildman–Crippen LogP) is 4.59. The molecule has 1 heterocycles. The van der Waals surface area contributed by atoms with E-state index in [1.54, 1.807) is 12.1 Å². The molecule has 1 fully saturated rings. The summed E-state index contributed by atoms with van der Waals surface area (Å²) in [6.07, 6.45) is 1.45. The molecule has 1 aliphatic rings. The number of pyridine rings is 1. The van der Waals surface area contributed by atoms with E-state index >= 15 is 0 Å². The van der Waals surface area contributed by atoms with Crippen molar-refractivity contribution in [2.24, 2.45) is 5.92 Å². The highest BCUT2D eigenvalue weighted by atomic mass is 32.2. The Bertz CT molecular complexity index is 1020. The molecule has 3 rings (SSSR count). The number of carbonyl (C=O) groups is 1. The minimum absolute atomic E-state index is 0.0541. The first-order valence-electron chi connectivity index (χ1n) is 9.93. The van der Waals surface area contributed by atoms with E-state index in [0.29, 0.717) is 29.1 Å². The number of halogens is 3. The lowest BCUT2D eigenvalue weighted by Crippen LogP contribution is -2.29. The number of hydrogen-bond donors (Lipinski definition) is 1. The van der Waals surface area contributed by atoms with Crippen LogP contribution in [0.3, 0.4) is 0 Å². The van der Waals surface area contributed by atoms with Crippen LogP contribution in [0.5, 0.6) is 0 Å². The third-order valence-corrected chi connectivity index (χ3v) is 8.13. The lowest BCUT2D eigenvalue weighted by Gasteiger charge is -2.12. The molecule has 1 N–H and O–H groups in total. The van der Waals surface area contributed by atoms with E-state index in [-0.39, 0.29) is 22.3 Å². The van der Waals surface area contributed by atoms with Crippen LogP contribution in [0.25, 0.3) is 0 Å². The van der Waals surface area contributed by atoms with Crippen LogP contribution in [0.2, 0.25) is 0 Å². The van der Waals surface area contributed by atoms with Gasteiger partial charge < -0.3 is 5.32 Å². The third kappa shape index (κ3) is 6.46. The molecule has 10 heteroatoms. The van der Waals surface area contributed by atoms with Gasteiger partial charge in [0.2, 0.25) is 0 Å². The van der Waals surface area contributed by atoms with Gasteiger partial charge in [0.05, 0.1) is 21.8 Å². The zero-order valence-electron chi connectivity index (χ0n) is 16.7. The smallest absolute Gasteiger partial charge is 0.352 e. The molecule has 0 aliphatic heterocycles. The number of alkyl halides is 3. The summed E-state index contributed by atoms with van der Waals surface area (Å²) in [6.45, 7) is 0.599. The second-order valence-corrected chi connectivity index (χ2v) is 10.6. The van der Waals surface area contributed by atoms with Crippen molar-refractivity contribution in [2.75, 3.05) is 18.1 Å². The van der Waals surface area contributed by atoms with Gasteiger partial charge in [-0.2, -0.15) is 13.2 Å². The lowest BCUT2D eigenvalue weighted by atomic mass is 10.1. The summed E-state index contributed by atoms with van der Waals surface area (Å²) >= 11 is 1.09. The predicted molar refractivity (Wildman–Crippen MR) is 113 cm³/mol. The van der Waals surface area contributed by atoms with Crippen molar-refractivity contribution in [1.29, 1.82) is 0 Å². The Morgan fingerprint density at radius 1 is 1.16 bits per heavy atom. The van der Waals surface area contributed by atoms with Gasteiger partial charge in [0.1, 0.15) is 5.03 Å². The molecular weight excluding hydrogens is 449 g/mol. The molecule has 1 aliphatic carbocycles. The molecule has 0 atom stereocenters. The maximum atomic E-state index is 12.9. The van der Waals surface area contributed by atoms with Crippen LogP contribution >= 0.6 is 11.8 Å². The van der Waals surface area contributed by atoms with E-state index < -0.39 is 21.6 Å². The van der Waals surface area contributed by atoms with Crippen LogP contribution in [-0.2, 0) is 16.0 Å². The molecule has 1 saturated carbocycles. The number of rotatable bonds is 8. The molecule has 31 heavy (non-hydrogen) atoms. The standard InChI is InChI=1S/C21H23F3N2O3S2/c22-21(23,24)16-7-3-8-17(13-16)31(28,29)12-11-30-20-18(9-4-10-25-20)19(27)26-14-15-5-1-2-6-15/h3-4,7-10,13,15H,1-2,5-6,11-12,14H2,(H,26,27). The number of nitrogens with one attached hydrogen (secondary N) is 1. The van der Waals surface area contributed by atoms with E-state index in [9.17, 15) is 26.4 Å². The van der Waals surface area contributed by atoms with Crippen LogP contribution in [0, 0.1) is 5.92 Å². The van der Waals surface area contributed by atoms with Crippen LogP contribution in [0.15, 0.2) is 52.5 Å². The summed E-state index contributed by atoms with van der Waals surface area (Å²) in [5.74, 6) is -0.102. The maximum absolute atomic E-state index is 12.9. The molecule has 0 saturated heterocycles. The van der Waals surface area contributed by atoms with Gasteiger partial charge in [-0.25, -0.2) is 13.4 Å². The summed E-state index contributed by atoms with van der Waals surface area (Å²) < 4.78 is 63.6. The van der Waals surface area contributed by atoms with Crippen molar-refractivity contribution in [3.05, 3.63) is 53.7 Å². The largest absolute Gasteiger partial charge is 0.416 e. The Hall–Kier alpha value is -2.07. The maximum Gasteiger partial charge on any atom is 0.416 e. The molecule has 1 amide bonds. The number of sulfone groups is 1. The fourth-order valence-electron chi connectivity index (χ4n) is 3.46. The summed E-state index contributed by atoms with van der Waals surface area (Å²) in [5.41, 5.74) is -0.644. The molecule has 0 bridgehead atoms. The highest BCUT2D eigenvalue weighted by molar-refractivity contribution is 8.00. The fourth-order valence-corrected chi connectivity index (χ4v) is 6.14. The van der Waals surface area contributed by atoms with Crippen molar-refractivity contribution in [3.8, 4) is 0 Å². The molecular formula is C21H23F3N2O3S2. The van der Waals surface area contributed by atoms with Crippen molar-refractivity contribution < 1.29 is 26.4 Å². The lowest BCUT2D eigenvalue weighted by molar-refractivity contribution is -0.137. The zero-order chi connectivity index (χ0) is 22.5. The van der Waals surface area contributed by atoms with E-state index in [1.165, 1.54) is 19.0 Å². The second-order valence-electron chi connectivity index (χ2n) is 7.41. The summed E-state index contributed by atoms with van der Waals surface area (Å²) in [6, 6.07) is 6.96. The van der Waals surface area contributed by atoms with Crippen LogP contribution in [-0.4, -0.2) is 37.4 Å². The quantitative estimate of drug-likeness (QED) is 0.569. The molecule has 2 aromatic rings. The first kappa shape index (κ1) is 23.6. The number of hydrogen-bond acceptors (Lipinski definition) is 5. The van der Waals surface area contributed by atoms with Crippen molar-refractivity contribution >= 4 is 27.5 Å². The SMILES string of the molecule is O=C(NCC1CCCC1)c1cccnc1SCCS(=O)(=O)c1cccc(C(F)(F)F)c1. The number of nitrogens with zero attached hydrogens (tertiary/aromatic N) is 1. The molecule has 1 aromatic carbocycles. The summed E-state index contributed by atoms with van der Waals surface area (Å²) in [4.78, 5) is 16.3. The Morgan fingerprint density at radius 3 is 2.61 bits per heavy atom. The average Bonchev–Trinajstić information content (AvgIpc) is 3.25. The Labute approximate surface area is 183 Å². The van der Waals surface area contributed by atoms with E-state index in [2.05, 4.69) is 10.3 Å². The topological polar surface area (TPSA) is 76.1 Å². The average molecular weight is 473 g/mol. The van der Waals surface area contributed by atoms with Gasteiger partial charge >= 0.3 is 6.18 Å². The Morgan fingerprint density at radius 2 is 1.90 bits per heavy atom. The summed E-state index contributed by atoms with van der Waals surface area (Å²) in [7, 11) is -3.92. The first-order chi connectivity index (χ1) is 14.7. The van der Waals surface area contributed by atoms with Gasteiger partial charge in [0, 0.05) is 18.5 Å². The van der Waals surface area contributed by atoms with E-state index in [0.717, 1.165) is 42.8 Å². The van der Waals surface area contributed by atoms with Gasteiger partial charge in [0.15, 0.2) is 9.84 Å². The molecule has 5 nitrogen and oxygen atoms in total. The zero-order valence-corrected chi connectivity index (χ0v) is 18.3. The van der Waals surface area contributed by atoms with Crippen molar-refractivity contribution in [1.82, 2.24) is 10.3 Å². The highest BCUT2D eigenvalue weighted by Gasteiger charge is 2.31. The summed E-state index contributed by atoms with van der Waals surface area (Å²) in [5, 5.41) is 3.31. The van der Waals surface area contributed by atoms with Gasteiger partial charge in [-0.3, -0.25) is 4.79 Å². The Kier molecular flexibility index (Phi) is 7.64. The fraction of sp³-hybridized carbons (Fsp3) is 0.429. The van der Waals surface area contributed by atoms with Gasteiger partial charge in [0.25, 0.3) is 5.91 Å². The second kappa shape index (κ2) is 10.0. The first-order valence-corrected chi connectivity index (χ1v) is 12.6. The molecule has 168 valence electrons. The monoisotopic (exact) mass is 472 g/mol. The van der Waals surface area contributed by atoms with Crippen LogP contribution in [0.1, 0.15) is 41.6 Å². The van der Waals surface area contributed by atoms with Crippen molar-refractivity contribution in [3.63, 3.8) is 0 Å². The normalized spacial score (nSPS) is 15.2. The number of carbonyl (C=O) groups excluding carboxylic acids is 1. The number of aromatic nitrogens is 1. The molecule has 0 unspecified atom stereocenters. The number of thioether (sulfide) groups is 1. The van der Waals surface area contributed by atoms with Gasteiger partial charge in [-0.1, -0.05) is 18.9 Å². The van der Waals surface area contributed by atoms with Crippen molar-refractivity contribution in [2.45, 2.75) is 41.8 Å². The van der Waals surface area contributed by atoms with Crippen LogP contribution in [0.4, 0.5) is 13.2 Å². The third-order valence-electron chi connectivity index (χ3n) is 5.15. The number of amides is 1. The van der Waals surface area contributed by atoms with Crippen LogP contribution < -0.4 is 5.32 Å². The van der Waals surface area contributed by atoms with E-state index in [1.807, 2.05) is 0 Å². The van der Waals surface area contributed by atoms with E-state index in [4.69, 9.17) is 0 Å².